The largest absolute Gasteiger partial charge is 0.457 e. The minimum Gasteiger partial charge on any atom is -0.457 e. The number of hydrogen-bond acceptors (Lipinski definition) is 5. The number of amides is 3. The number of esters is 1. The van der Waals surface area contributed by atoms with E-state index in [0.29, 0.717) is 5.56 Å². The first-order valence-electron chi connectivity index (χ1n) is 9.22. The molecule has 2 aliphatic rings. The van der Waals surface area contributed by atoms with Crippen LogP contribution in [0.5, 0.6) is 0 Å². The van der Waals surface area contributed by atoms with Gasteiger partial charge in [0.25, 0.3) is 5.91 Å². The monoisotopic (exact) mass is 372 g/mol. The van der Waals surface area contributed by atoms with Gasteiger partial charge >= 0.3 is 12.0 Å². The molecule has 1 N–H and O–H groups in total. The van der Waals surface area contributed by atoms with Crippen molar-refractivity contribution in [1.82, 2.24) is 10.2 Å². The van der Waals surface area contributed by atoms with E-state index in [4.69, 9.17) is 4.74 Å². The van der Waals surface area contributed by atoms with E-state index in [1.54, 1.807) is 19.9 Å². The van der Waals surface area contributed by atoms with Crippen molar-refractivity contribution in [3.8, 4) is 0 Å². The van der Waals surface area contributed by atoms with Crippen LogP contribution in [0.1, 0.15) is 54.6 Å². The second-order valence-corrected chi connectivity index (χ2v) is 7.54. The van der Waals surface area contributed by atoms with Crippen LogP contribution >= 0.6 is 0 Å². The lowest BCUT2D eigenvalue weighted by Crippen LogP contribution is -2.40. The van der Waals surface area contributed by atoms with Gasteiger partial charge in [0.15, 0.2) is 12.4 Å². The van der Waals surface area contributed by atoms with Crippen LogP contribution in [-0.4, -0.2) is 47.3 Å². The zero-order valence-corrected chi connectivity index (χ0v) is 15.7. The predicted octanol–water partition coefficient (Wildman–Crippen LogP) is 2.01. The van der Waals surface area contributed by atoms with Gasteiger partial charge in [-0.25, -0.2) is 4.79 Å². The van der Waals surface area contributed by atoms with Crippen molar-refractivity contribution in [3.63, 3.8) is 0 Å². The van der Waals surface area contributed by atoms with Crippen molar-refractivity contribution in [2.75, 3.05) is 13.2 Å². The quantitative estimate of drug-likeness (QED) is 0.468. The van der Waals surface area contributed by atoms with Crippen molar-refractivity contribution in [1.29, 1.82) is 0 Å². The van der Waals surface area contributed by atoms with Crippen LogP contribution < -0.4 is 5.32 Å². The molecule has 1 heterocycles. The molecule has 0 spiro atoms. The van der Waals surface area contributed by atoms with Gasteiger partial charge < -0.3 is 10.1 Å². The molecule has 1 aromatic carbocycles. The first kappa shape index (κ1) is 19.1. The first-order valence-corrected chi connectivity index (χ1v) is 9.22. The van der Waals surface area contributed by atoms with E-state index in [0.717, 1.165) is 24.2 Å². The number of Topliss-reactive ketones (excluding diaryl/α,β-unsaturated/α-hetero) is 1. The summed E-state index contributed by atoms with van der Waals surface area (Å²) in [4.78, 5) is 49.0. The van der Waals surface area contributed by atoms with Crippen molar-refractivity contribution < 1.29 is 23.9 Å². The third-order valence-corrected chi connectivity index (χ3v) is 5.02. The summed E-state index contributed by atoms with van der Waals surface area (Å²) in [5, 5.41) is 2.54. The molecule has 7 nitrogen and oxygen atoms in total. The van der Waals surface area contributed by atoms with Crippen LogP contribution in [0.4, 0.5) is 4.79 Å². The van der Waals surface area contributed by atoms with E-state index in [9.17, 15) is 19.2 Å². The van der Waals surface area contributed by atoms with Gasteiger partial charge in [0.2, 0.25) is 0 Å². The summed E-state index contributed by atoms with van der Waals surface area (Å²) >= 11 is 0. The Kier molecular flexibility index (Phi) is 5.30. The zero-order chi connectivity index (χ0) is 19.6. The maximum Gasteiger partial charge on any atom is 0.325 e. The molecule has 7 heteroatoms. The summed E-state index contributed by atoms with van der Waals surface area (Å²) in [6.07, 6.45) is 4.16. The van der Waals surface area contributed by atoms with E-state index in [1.165, 1.54) is 17.5 Å². The number of nitrogens with zero attached hydrogens (tertiary/aromatic N) is 1. The summed E-state index contributed by atoms with van der Waals surface area (Å²) in [6, 6.07) is 5.11. The topological polar surface area (TPSA) is 92.8 Å². The van der Waals surface area contributed by atoms with Gasteiger partial charge in [0.05, 0.1) is 6.42 Å². The average Bonchev–Trinajstić information content (AvgIpc) is 2.84. The van der Waals surface area contributed by atoms with E-state index in [1.807, 2.05) is 12.1 Å². The molecule has 1 aliphatic carbocycles. The van der Waals surface area contributed by atoms with E-state index in [2.05, 4.69) is 5.32 Å². The van der Waals surface area contributed by atoms with Crippen LogP contribution in [0.25, 0.3) is 0 Å². The Bertz CT molecular complexity index is 800. The number of hydrogen-bond donors (Lipinski definition) is 1. The molecular formula is C20H24N2O5. The second-order valence-electron chi connectivity index (χ2n) is 7.54. The molecule has 1 fully saturated rings. The molecule has 144 valence electrons. The number of benzene rings is 1. The Morgan fingerprint density at radius 2 is 1.85 bits per heavy atom. The number of urea groups is 1. The lowest BCUT2D eigenvalue weighted by molar-refractivity contribution is -0.143. The van der Waals surface area contributed by atoms with Crippen LogP contribution in [0.3, 0.4) is 0 Å². The van der Waals surface area contributed by atoms with Crippen LogP contribution in [0.2, 0.25) is 0 Å². The highest BCUT2D eigenvalue weighted by Crippen LogP contribution is 2.22. The number of fused-ring (bicyclic) bond motifs is 1. The molecule has 0 radical (unpaired) electrons. The number of carbonyl (C=O) groups is 4. The Labute approximate surface area is 158 Å². The van der Waals surface area contributed by atoms with E-state index >= 15 is 0 Å². The summed E-state index contributed by atoms with van der Waals surface area (Å²) in [6.45, 7) is 2.79. The van der Waals surface area contributed by atoms with Crippen LogP contribution in [0, 0.1) is 0 Å². The zero-order valence-electron chi connectivity index (χ0n) is 15.7. The highest BCUT2D eigenvalue weighted by Gasteiger charge is 2.44. The summed E-state index contributed by atoms with van der Waals surface area (Å²) in [5.74, 6) is -1.26. The second kappa shape index (κ2) is 7.50. The molecule has 1 aromatic rings. The standard InChI is InChI=1S/C20H24N2O5/c1-20(2)18(25)22(19(26)21-20)10-9-17(24)27-12-16(23)15-8-7-13-5-3-4-6-14(13)11-15/h7-8,11H,3-6,9-10,12H2,1-2H3,(H,21,26). The maximum atomic E-state index is 12.3. The number of nitrogens with one attached hydrogen (secondary N) is 1. The molecule has 0 bridgehead atoms. The molecule has 3 rings (SSSR count). The Morgan fingerprint density at radius 1 is 1.15 bits per heavy atom. The molecule has 1 aliphatic heterocycles. The highest BCUT2D eigenvalue weighted by molar-refractivity contribution is 6.06. The van der Waals surface area contributed by atoms with Gasteiger partial charge in [-0.1, -0.05) is 12.1 Å². The molecule has 0 atom stereocenters. The van der Waals surface area contributed by atoms with Crippen LogP contribution in [0.15, 0.2) is 18.2 Å². The molecule has 0 aromatic heterocycles. The number of carbonyl (C=O) groups excluding carboxylic acids is 4. The number of aryl methyl sites for hydroxylation is 2. The number of rotatable bonds is 6. The fourth-order valence-corrected chi connectivity index (χ4v) is 3.43. The fraction of sp³-hybridized carbons (Fsp3) is 0.500. The van der Waals surface area contributed by atoms with Gasteiger partial charge in [0.1, 0.15) is 5.54 Å². The predicted molar refractivity (Wildman–Crippen MR) is 97.3 cm³/mol. The van der Waals surface area contributed by atoms with Crippen LogP contribution in [-0.2, 0) is 27.2 Å². The molecule has 0 saturated carbocycles. The first-order chi connectivity index (χ1) is 12.8. The number of ether oxygens (including phenoxy) is 1. The molecule has 3 amide bonds. The normalized spacial score (nSPS) is 18.1. The minimum absolute atomic E-state index is 0.0695. The SMILES string of the molecule is CC1(C)NC(=O)N(CCC(=O)OCC(=O)c2ccc3c(c2)CCCC3)C1=O. The number of ketones is 1. The lowest BCUT2D eigenvalue weighted by Gasteiger charge is -2.16. The smallest absolute Gasteiger partial charge is 0.325 e. The van der Waals surface area contributed by atoms with Gasteiger partial charge in [0, 0.05) is 12.1 Å². The number of imide groups is 1. The Balaban J connectivity index is 1.48. The molecule has 1 saturated heterocycles. The Hall–Kier alpha value is -2.70. The molecular weight excluding hydrogens is 348 g/mol. The summed E-state index contributed by atoms with van der Waals surface area (Å²) in [5.41, 5.74) is 2.05. The summed E-state index contributed by atoms with van der Waals surface area (Å²) in [7, 11) is 0. The van der Waals surface area contributed by atoms with Crippen molar-refractivity contribution in [2.24, 2.45) is 0 Å². The summed E-state index contributed by atoms with van der Waals surface area (Å²) < 4.78 is 5.03. The third-order valence-electron chi connectivity index (χ3n) is 5.02. The highest BCUT2D eigenvalue weighted by atomic mass is 16.5. The molecule has 27 heavy (non-hydrogen) atoms. The van der Waals surface area contributed by atoms with Gasteiger partial charge in [-0.2, -0.15) is 0 Å². The third kappa shape index (κ3) is 4.18. The molecule has 0 unspecified atom stereocenters. The lowest BCUT2D eigenvalue weighted by atomic mass is 9.90. The maximum absolute atomic E-state index is 12.3. The fourth-order valence-electron chi connectivity index (χ4n) is 3.43. The van der Waals surface area contributed by atoms with Gasteiger partial charge in [-0.05, 0) is 56.7 Å². The Morgan fingerprint density at radius 3 is 2.52 bits per heavy atom. The van der Waals surface area contributed by atoms with Gasteiger partial charge in [-0.15, -0.1) is 0 Å². The van der Waals surface area contributed by atoms with Crippen molar-refractivity contribution in [3.05, 3.63) is 34.9 Å². The average molecular weight is 372 g/mol. The van der Waals surface area contributed by atoms with E-state index < -0.39 is 17.5 Å². The van der Waals surface area contributed by atoms with Gasteiger partial charge in [-0.3, -0.25) is 19.3 Å². The minimum atomic E-state index is -0.969. The van der Waals surface area contributed by atoms with E-state index in [-0.39, 0.29) is 31.3 Å². The van der Waals surface area contributed by atoms with Crippen molar-refractivity contribution in [2.45, 2.75) is 51.5 Å². The van der Waals surface area contributed by atoms with Crippen molar-refractivity contribution >= 4 is 23.7 Å².